The van der Waals surface area contributed by atoms with Gasteiger partial charge in [0, 0.05) is 17.0 Å². The lowest BCUT2D eigenvalue weighted by Crippen LogP contribution is -2.20. The zero-order valence-electron chi connectivity index (χ0n) is 11.1. The maximum atomic E-state index is 5.44. The Kier molecular flexibility index (Phi) is 3.84. The first kappa shape index (κ1) is 13.1. The standard InChI is InChI=1S/C14H19N3S2/c1-10(11-5-3-2-4-6-11)17-13(15-16-14(17)18)12-7-8-19-9-12/h7-11H,2-6H2,1H3,(H,16,18)/t10-/m1/s1. The van der Waals surface area contributed by atoms with Crippen LogP contribution in [0.4, 0.5) is 0 Å². The molecule has 2 aromatic heterocycles. The molecule has 19 heavy (non-hydrogen) atoms. The zero-order chi connectivity index (χ0) is 13.2. The lowest BCUT2D eigenvalue weighted by molar-refractivity contribution is 0.263. The number of hydrogen-bond acceptors (Lipinski definition) is 3. The summed E-state index contributed by atoms with van der Waals surface area (Å²) in [4.78, 5) is 0. The Morgan fingerprint density at radius 2 is 2.21 bits per heavy atom. The third-order valence-corrected chi connectivity index (χ3v) is 5.19. The summed E-state index contributed by atoms with van der Waals surface area (Å²) in [5.74, 6) is 1.72. The number of nitrogens with zero attached hydrogens (tertiary/aromatic N) is 2. The molecule has 0 amide bonds. The molecule has 0 saturated heterocycles. The summed E-state index contributed by atoms with van der Waals surface area (Å²) in [6, 6.07) is 2.54. The molecule has 0 aromatic carbocycles. The molecule has 2 heterocycles. The van der Waals surface area contributed by atoms with E-state index in [0.717, 1.165) is 16.5 Å². The molecule has 1 N–H and O–H groups in total. The normalized spacial score (nSPS) is 18.6. The lowest BCUT2D eigenvalue weighted by Gasteiger charge is -2.29. The molecule has 3 nitrogen and oxygen atoms in total. The van der Waals surface area contributed by atoms with Gasteiger partial charge in [0.1, 0.15) is 0 Å². The van der Waals surface area contributed by atoms with Crippen molar-refractivity contribution in [2.75, 3.05) is 0 Å². The lowest BCUT2D eigenvalue weighted by atomic mass is 9.84. The van der Waals surface area contributed by atoms with Crippen LogP contribution in [0.1, 0.15) is 45.1 Å². The van der Waals surface area contributed by atoms with Crippen LogP contribution in [-0.2, 0) is 0 Å². The van der Waals surface area contributed by atoms with Crippen molar-refractivity contribution in [2.24, 2.45) is 5.92 Å². The van der Waals surface area contributed by atoms with Gasteiger partial charge in [0.05, 0.1) is 0 Å². The number of thiophene rings is 1. The van der Waals surface area contributed by atoms with Crippen molar-refractivity contribution in [3.05, 3.63) is 21.6 Å². The van der Waals surface area contributed by atoms with Gasteiger partial charge in [-0.3, -0.25) is 9.67 Å². The van der Waals surface area contributed by atoms with E-state index in [9.17, 15) is 0 Å². The molecule has 1 fully saturated rings. The van der Waals surface area contributed by atoms with E-state index in [0.29, 0.717) is 6.04 Å². The van der Waals surface area contributed by atoms with Crippen LogP contribution >= 0.6 is 23.6 Å². The molecule has 1 aliphatic rings. The SMILES string of the molecule is C[C@H](C1CCCCC1)n1c(-c2ccsc2)n[nH]c1=S. The second kappa shape index (κ2) is 5.59. The van der Waals surface area contributed by atoms with Crippen LogP contribution in [0.5, 0.6) is 0 Å². The van der Waals surface area contributed by atoms with Crippen molar-refractivity contribution in [3.8, 4) is 11.4 Å². The molecule has 1 saturated carbocycles. The number of rotatable bonds is 3. The van der Waals surface area contributed by atoms with Crippen molar-refractivity contribution in [1.82, 2.24) is 14.8 Å². The average molecular weight is 293 g/mol. The van der Waals surface area contributed by atoms with E-state index in [2.05, 4.69) is 38.5 Å². The number of nitrogens with one attached hydrogen (secondary N) is 1. The predicted octanol–water partition coefficient (Wildman–Crippen LogP) is 4.81. The second-order valence-electron chi connectivity index (χ2n) is 5.37. The quantitative estimate of drug-likeness (QED) is 0.824. The minimum Gasteiger partial charge on any atom is -0.297 e. The Morgan fingerprint density at radius 1 is 1.42 bits per heavy atom. The number of H-pyrrole nitrogens is 1. The smallest absolute Gasteiger partial charge is 0.195 e. The molecule has 0 unspecified atom stereocenters. The van der Waals surface area contributed by atoms with Crippen molar-refractivity contribution in [1.29, 1.82) is 0 Å². The number of aromatic amines is 1. The van der Waals surface area contributed by atoms with Gasteiger partial charge >= 0.3 is 0 Å². The fourth-order valence-electron chi connectivity index (χ4n) is 3.11. The number of hydrogen-bond donors (Lipinski definition) is 1. The fraction of sp³-hybridized carbons (Fsp3) is 0.571. The van der Waals surface area contributed by atoms with Gasteiger partial charge in [-0.25, -0.2) is 0 Å². The topological polar surface area (TPSA) is 33.6 Å². The van der Waals surface area contributed by atoms with Crippen LogP contribution < -0.4 is 0 Å². The molecule has 5 heteroatoms. The van der Waals surface area contributed by atoms with Crippen LogP contribution in [0, 0.1) is 10.7 Å². The van der Waals surface area contributed by atoms with Gasteiger partial charge in [0.15, 0.2) is 10.6 Å². The molecule has 1 aliphatic carbocycles. The Labute approximate surface area is 122 Å². The number of aromatic nitrogens is 3. The van der Waals surface area contributed by atoms with E-state index in [-0.39, 0.29) is 0 Å². The maximum Gasteiger partial charge on any atom is 0.195 e. The van der Waals surface area contributed by atoms with Crippen molar-refractivity contribution < 1.29 is 0 Å². The van der Waals surface area contributed by atoms with Gasteiger partial charge in [0.2, 0.25) is 0 Å². The first-order chi connectivity index (χ1) is 9.27. The minimum atomic E-state index is 0.432. The van der Waals surface area contributed by atoms with E-state index >= 15 is 0 Å². The molecule has 2 aromatic rings. The van der Waals surface area contributed by atoms with Crippen LogP contribution in [0.3, 0.4) is 0 Å². The van der Waals surface area contributed by atoms with Crippen LogP contribution in [0.15, 0.2) is 16.8 Å². The van der Waals surface area contributed by atoms with Gasteiger partial charge < -0.3 is 0 Å². The summed E-state index contributed by atoms with van der Waals surface area (Å²) >= 11 is 7.14. The van der Waals surface area contributed by atoms with E-state index in [1.54, 1.807) is 11.3 Å². The van der Waals surface area contributed by atoms with Gasteiger partial charge in [-0.2, -0.15) is 16.4 Å². The first-order valence-electron chi connectivity index (χ1n) is 6.97. The zero-order valence-corrected chi connectivity index (χ0v) is 12.8. The Bertz CT molecular complexity index is 576. The molecule has 0 bridgehead atoms. The minimum absolute atomic E-state index is 0.432. The van der Waals surface area contributed by atoms with Crippen molar-refractivity contribution in [2.45, 2.75) is 45.1 Å². The van der Waals surface area contributed by atoms with Crippen LogP contribution in [0.2, 0.25) is 0 Å². The van der Waals surface area contributed by atoms with E-state index in [4.69, 9.17) is 12.2 Å². The summed E-state index contributed by atoms with van der Waals surface area (Å²) in [6.07, 6.45) is 6.73. The fourth-order valence-corrected chi connectivity index (χ4v) is 4.04. The summed E-state index contributed by atoms with van der Waals surface area (Å²) in [5, 5.41) is 11.6. The van der Waals surface area contributed by atoms with Gasteiger partial charge in [0.25, 0.3) is 0 Å². The maximum absolute atomic E-state index is 5.44. The predicted molar refractivity (Wildman–Crippen MR) is 82.0 cm³/mol. The van der Waals surface area contributed by atoms with Crippen molar-refractivity contribution >= 4 is 23.6 Å². The monoisotopic (exact) mass is 293 g/mol. The Morgan fingerprint density at radius 3 is 2.89 bits per heavy atom. The highest BCUT2D eigenvalue weighted by Gasteiger charge is 2.24. The van der Waals surface area contributed by atoms with Crippen LogP contribution in [0.25, 0.3) is 11.4 Å². The van der Waals surface area contributed by atoms with E-state index in [1.807, 2.05) is 0 Å². The second-order valence-corrected chi connectivity index (χ2v) is 6.54. The first-order valence-corrected chi connectivity index (χ1v) is 8.32. The third-order valence-electron chi connectivity index (χ3n) is 4.22. The summed E-state index contributed by atoms with van der Waals surface area (Å²) in [5.41, 5.74) is 1.17. The van der Waals surface area contributed by atoms with Gasteiger partial charge in [-0.05, 0) is 49.3 Å². The molecule has 1 atom stereocenters. The largest absolute Gasteiger partial charge is 0.297 e. The van der Waals surface area contributed by atoms with Crippen molar-refractivity contribution in [3.63, 3.8) is 0 Å². The molecule has 3 rings (SSSR count). The highest BCUT2D eigenvalue weighted by molar-refractivity contribution is 7.71. The molecular formula is C14H19N3S2. The van der Waals surface area contributed by atoms with E-state index < -0.39 is 0 Å². The highest BCUT2D eigenvalue weighted by Crippen LogP contribution is 2.35. The summed E-state index contributed by atoms with van der Waals surface area (Å²) < 4.78 is 2.96. The van der Waals surface area contributed by atoms with Gasteiger partial charge in [-0.1, -0.05) is 19.3 Å². The van der Waals surface area contributed by atoms with Gasteiger partial charge in [-0.15, -0.1) is 0 Å². The van der Waals surface area contributed by atoms with Crippen LogP contribution in [-0.4, -0.2) is 14.8 Å². The molecule has 0 spiro atoms. The Balaban J connectivity index is 1.95. The average Bonchev–Trinajstić information content (AvgIpc) is 3.08. The molecule has 0 radical (unpaired) electrons. The third kappa shape index (κ3) is 2.54. The van der Waals surface area contributed by atoms with E-state index in [1.165, 1.54) is 37.7 Å². The Hall–Kier alpha value is -0.940. The highest BCUT2D eigenvalue weighted by atomic mass is 32.1. The molecule has 102 valence electrons. The summed E-state index contributed by atoms with van der Waals surface area (Å²) in [7, 11) is 0. The molecular weight excluding hydrogens is 274 g/mol. The molecule has 0 aliphatic heterocycles. The summed E-state index contributed by atoms with van der Waals surface area (Å²) in [6.45, 7) is 2.29.